The number of piperidine rings is 1. The third-order valence-electron chi connectivity index (χ3n) is 3.72. The first-order valence-corrected chi connectivity index (χ1v) is 7.27. The van der Waals surface area contributed by atoms with Crippen LogP contribution < -0.4 is 10.9 Å². The summed E-state index contributed by atoms with van der Waals surface area (Å²) in [5.74, 6) is 1.42. The second-order valence-electron chi connectivity index (χ2n) is 5.26. The molecule has 1 aromatic heterocycles. The Balaban J connectivity index is 1.90. The van der Waals surface area contributed by atoms with Crippen LogP contribution in [-0.4, -0.2) is 40.5 Å². The van der Waals surface area contributed by atoms with Crippen LogP contribution in [0.4, 0.5) is 5.82 Å². The lowest BCUT2D eigenvalue weighted by atomic mass is 10.1. The molecule has 19 heavy (non-hydrogen) atoms. The van der Waals surface area contributed by atoms with E-state index in [0.717, 1.165) is 18.8 Å². The standard InChI is InChI=1S/C14H24N4O/c1-3-12-16-13(9-14(19)17-12)15-10-11(2)18-7-5-4-6-8-18/h9,11H,3-8,10H2,1-2H3,(H2,15,16,17,19). The van der Waals surface area contributed by atoms with E-state index in [0.29, 0.717) is 11.9 Å². The molecule has 5 nitrogen and oxygen atoms in total. The number of likely N-dealkylation sites (tertiary alicyclic amines) is 1. The number of aromatic nitrogens is 2. The first-order chi connectivity index (χ1) is 9.19. The molecular weight excluding hydrogens is 240 g/mol. The van der Waals surface area contributed by atoms with E-state index < -0.39 is 0 Å². The lowest BCUT2D eigenvalue weighted by Gasteiger charge is -2.32. The zero-order valence-corrected chi connectivity index (χ0v) is 11.9. The fourth-order valence-electron chi connectivity index (χ4n) is 2.51. The van der Waals surface area contributed by atoms with Crippen molar-refractivity contribution in [2.75, 3.05) is 25.0 Å². The summed E-state index contributed by atoms with van der Waals surface area (Å²) < 4.78 is 0. The van der Waals surface area contributed by atoms with Gasteiger partial charge >= 0.3 is 0 Å². The number of nitrogens with zero attached hydrogens (tertiary/aromatic N) is 2. The molecule has 0 amide bonds. The third kappa shape index (κ3) is 4.06. The Labute approximate surface area is 114 Å². The first-order valence-electron chi connectivity index (χ1n) is 7.27. The Hall–Kier alpha value is -1.36. The molecule has 0 radical (unpaired) electrons. The number of hydrogen-bond donors (Lipinski definition) is 2. The van der Waals surface area contributed by atoms with Crippen molar-refractivity contribution in [1.29, 1.82) is 0 Å². The quantitative estimate of drug-likeness (QED) is 0.848. The summed E-state index contributed by atoms with van der Waals surface area (Å²) in [6, 6.07) is 2.01. The molecule has 1 saturated heterocycles. The van der Waals surface area contributed by atoms with Crippen molar-refractivity contribution in [3.8, 4) is 0 Å². The van der Waals surface area contributed by atoms with Crippen LogP contribution in [0.5, 0.6) is 0 Å². The largest absolute Gasteiger partial charge is 0.368 e. The number of nitrogens with one attached hydrogen (secondary N) is 2. The maximum absolute atomic E-state index is 11.5. The molecular formula is C14H24N4O. The summed E-state index contributed by atoms with van der Waals surface area (Å²) in [5, 5.41) is 3.28. The highest BCUT2D eigenvalue weighted by Gasteiger charge is 2.16. The predicted molar refractivity (Wildman–Crippen MR) is 77.6 cm³/mol. The fraction of sp³-hybridized carbons (Fsp3) is 0.714. The normalized spacial score (nSPS) is 18.2. The van der Waals surface area contributed by atoms with E-state index in [1.54, 1.807) is 0 Å². The molecule has 1 aromatic rings. The van der Waals surface area contributed by atoms with Crippen LogP contribution in [0.25, 0.3) is 0 Å². The number of anilines is 1. The number of aryl methyl sites for hydroxylation is 1. The molecule has 1 aliphatic rings. The molecule has 0 spiro atoms. The zero-order valence-electron chi connectivity index (χ0n) is 11.9. The molecule has 1 atom stereocenters. The van der Waals surface area contributed by atoms with Crippen LogP contribution in [-0.2, 0) is 6.42 Å². The molecule has 0 aliphatic carbocycles. The van der Waals surface area contributed by atoms with Gasteiger partial charge in [0, 0.05) is 25.1 Å². The van der Waals surface area contributed by atoms with Crippen LogP contribution in [0.2, 0.25) is 0 Å². The van der Waals surface area contributed by atoms with Gasteiger partial charge in [-0.1, -0.05) is 13.3 Å². The highest BCUT2D eigenvalue weighted by molar-refractivity contribution is 5.33. The van der Waals surface area contributed by atoms with E-state index >= 15 is 0 Å². The summed E-state index contributed by atoms with van der Waals surface area (Å²) in [6.45, 7) is 7.42. The fourth-order valence-corrected chi connectivity index (χ4v) is 2.51. The highest BCUT2D eigenvalue weighted by atomic mass is 16.1. The Bertz CT molecular complexity index is 451. The smallest absolute Gasteiger partial charge is 0.252 e. The van der Waals surface area contributed by atoms with E-state index in [4.69, 9.17) is 0 Å². The van der Waals surface area contributed by atoms with Gasteiger partial charge in [0.25, 0.3) is 5.56 Å². The number of hydrogen-bond acceptors (Lipinski definition) is 4. The van der Waals surface area contributed by atoms with Crippen molar-refractivity contribution < 1.29 is 0 Å². The van der Waals surface area contributed by atoms with E-state index in [-0.39, 0.29) is 5.56 Å². The monoisotopic (exact) mass is 264 g/mol. The van der Waals surface area contributed by atoms with Gasteiger partial charge in [-0.3, -0.25) is 9.69 Å². The molecule has 1 fully saturated rings. The van der Waals surface area contributed by atoms with Gasteiger partial charge in [-0.2, -0.15) is 0 Å². The topological polar surface area (TPSA) is 61.0 Å². The third-order valence-corrected chi connectivity index (χ3v) is 3.72. The van der Waals surface area contributed by atoms with Crippen molar-refractivity contribution in [2.45, 2.75) is 45.6 Å². The van der Waals surface area contributed by atoms with E-state index in [1.165, 1.54) is 38.4 Å². The van der Waals surface area contributed by atoms with Crippen LogP contribution >= 0.6 is 0 Å². The number of rotatable bonds is 5. The van der Waals surface area contributed by atoms with Crippen molar-refractivity contribution >= 4 is 5.82 Å². The van der Waals surface area contributed by atoms with Gasteiger partial charge in [-0.15, -0.1) is 0 Å². The van der Waals surface area contributed by atoms with E-state index in [2.05, 4.69) is 27.1 Å². The average Bonchev–Trinajstić information content (AvgIpc) is 2.45. The second kappa shape index (κ2) is 6.70. The van der Waals surface area contributed by atoms with Crippen molar-refractivity contribution in [3.63, 3.8) is 0 Å². The highest BCUT2D eigenvalue weighted by Crippen LogP contribution is 2.12. The minimum Gasteiger partial charge on any atom is -0.368 e. The molecule has 2 heterocycles. The lowest BCUT2D eigenvalue weighted by Crippen LogP contribution is -2.41. The molecule has 0 saturated carbocycles. The summed E-state index contributed by atoms with van der Waals surface area (Å²) in [7, 11) is 0. The molecule has 0 aromatic carbocycles. The molecule has 5 heteroatoms. The van der Waals surface area contributed by atoms with Crippen LogP contribution in [0, 0.1) is 0 Å². The van der Waals surface area contributed by atoms with E-state index in [9.17, 15) is 4.79 Å². The van der Waals surface area contributed by atoms with Gasteiger partial charge in [0.1, 0.15) is 11.6 Å². The van der Waals surface area contributed by atoms with Crippen molar-refractivity contribution in [1.82, 2.24) is 14.9 Å². The van der Waals surface area contributed by atoms with Crippen molar-refractivity contribution in [3.05, 3.63) is 22.2 Å². The summed E-state index contributed by atoms with van der Waals surface area (Å²) in [4.78, 5) is 21.1. The van der Waals surface area contributed by atoms with Gasteiger partial charge < -0.3 is 10.3 Å². The van der Waals surface area contributed by atoms with Crippen LogP contribution in [0.3, 0.4) is 0 Å². The summed E-state index contributed by atoms with van der Waals surface area (Å²) in [6.07, 6.45) is 4.69. The molecule has 106 valence electrons. The Morgan fingerprint density at radius 1 is 1.42 bits per heavy atom. The minimum atomic E-state index is -0.0834. The number of aromatic amines is 1. The SMILES string of the molecule is CCc1nc(NCC(C)N2CCCCC2)cc(=O)[nH]1. The predicted octanol–water partition coefficient (Wildman–Crippen LogP) is 1.62. The van der Waals surface area contributed by atoms with Gasteiger partial charge in [-0.05, 0) is 32.9 Å². The molecule has 1 unspecified atom stereocenters. The summed E-state index contributed by atoms with van der Waals surface area (Å²) in [5.41, 5.74) is -0.0834. The average molecular weight is 264 g/mol. The Morgan fingerprint density at radius 3 is 2.84 bits per heavy atom. The summed E-state index contributed by atoms with van der Waals surface area (Å²) >= 11 is 0. The maximum Gasteiger partial charge on any atom is 0.252 e. The van der Waals surface area contributed by atoms with E-state index in [1.807, 2.05) is 6.92 Å². The van der Waals surface area contributed by atoms with Crippen LogP contribution in [0.1, 0.15) is 38.9 Å². The van der Waals surface area contributed by atoms with Gasteiger partial charge in [0.05, 0.1) is 0 Å². The Morgan fingerprint density at radius 2 is 2.16 bits per heavy atom. The molecule has 0 bridgehead atoms. The first kappa shape index (κ1) is 14.1. The van der Waals surface area contributed by atoms with Crippen molar-refractivity contribution in [2.24, 2.45) is 0 Å². The molecule has 2 N–H and O–H groups in total. The zero-order chi connectivity index (χ0) is 13.7. The van der Waals surface area contributed by atoms with Gasteiger partial charge in [-0.25, -0.2) is 4.98 Å². The molecule has 2 rings (SSSR count). The molecule has 1 aliphatic heterocycles. The second-order valence-corrected chi connectivity index (χ2v) is 5.26. The van der Waals surface area contributed by atoms with Gasteiger partial charge in [0.15, 0.2) is 0 Å². The Kier molecular flexibility index (Phi) is 4.96. The van der Waals surface area contributed by atoms with Crippen LogP contribution in [0.15, 0.2) is 10.9 Å². The number of H-pyrrole nitrogens is 1. The minimum absolute atomic E-state index is 0.0834. The van der Waals surface area contributed by atoms with Gasteiger partial charge in [0.2, 0.25) is 0 Å². The maximum atomic E-state index is 11.5. The lowest BCUT2D eigenvalue weighted by molar-refractivity contribution is 0.180.